The summed E-state index contributed by atoms with van der Waals surface area (Å²) in [6.07, 6.45) is 0.589. The number of nitrogens with zero attached hydrogens (tertiary/aromatic N) is 2. The van der Waals surface area contributed by atoms with Gasteiger partial charge in [0.1, 0.15) is 0 Å². The Morgan fingerprint density at radius 2 is 2.08 bits per heavy atom. The van der Waals surface area contributed by atoms with Crippen LogP contribution in [0.15, 0.2) is 34.7 Å². The highest BCUT2D eigenvalue weighted by atomic mass is 32.2. The predicted molar refractivity (Wildman–Crippen MR) is 87.1 cm³/mol. The molecule has 1 N–H and O–H groups in total. The van der Waals surface area contributed by atoms with E-state index >= 15 is 0 Å². The van der Waals surface area contributed by atoms with Crippen molar-refractivity contribution < 1.29 is 17.6 Å². The zero-order valence-corrected chi connectivity index (χ0v) is 14.1. The Kier molecular flexibility index (Phi) is 4.66. The SMILES string of the molecule is Cc1nnc(C(CC(=O)NC2CCS(=O)(=O)C2)c2ccccc2)o1. The van der Waals surface area contributed by atoms with Gasteiger partial charge >= 0.3 is 0 Å². The van der Waals surface area contributed by atoms with Gasteiger partial charge in [0.05, 0.1) is 17.4 Å². The molecule has 1 fully saturated rings. The predicted octanol–water partition coefficient (Wildman–Crippen LogP) is 1.20. The highest BCUT2D eigenvalue weighted by molar-refractivity contribution is 7.91. The summed E-state index contributed by atoms with van der Waals surface area (Å²) >= 11 is 0. The van der Waals surface area contributed by atoms with Crippen molar-refractivity contribution in [3.8, 4) is 0 Å². The largest absolute Gasteiger partial charge is 0.425 e. The number of carbonyl (C=O) groups is 1. The van der Waals surface area contributed by atoms with E-state index in [1.54, 1.807) is 6.92 Å². The fraction of sp³-hybridized carbons (Fsp3) is 0.438. The van der Waals surface area contributed by atoms with Crippen molar-refractivity contribution in [2.75, 3.05) is 11.5 Å². The first kappa shape index (κ1) is 16.6. The number of hydrogen-bond donors (Lipinski definition) is 1. The third kappa shape index (κ3) is 4.00. The Hall–Kier alpha value is -2.22. The molecule has 0 saturated carbocycles. The fourth-order valence-electron chi connectivity index (χ4n) is 2.87. The first-order valence-electron chi connectivity index (χ1n) is 7.78. The highest BCUT2D eigenvalue weighted by Crippen LogP contribution is 2.27. The molecule has 1 aromatic carbocycles. The van der Waals surface area contributed by atoms with Gasteiger partial charge in [-0.15, -0.1) is 10.2 Å². The third-order valence-corrected chi connectivity index (χ3v) is 5.80. The van der Waals surface area contributed by atoms with E-state index in [9.17, 15) is 13.2 Å². The van der Waals surface area contributed by atoms with E-state index in [0.29, 0.717) is 18.2 Å². The van der Waals surface area contributed by atoms with E-state index in [0.717, 1.165) is 5.56 Å². The molecule has 2 unspecified atom stereocenters. The lowest BCUT2D eigenvalue weighted by molar-refractivity contribution is -0.121. The van der Waals surface area contributed by atoms with Crippen LogP contribution in [0.1, 0.15) is 36.1 Å². The molecule has 1 aliphatic heterocycles. The first-order chi connectivity index (χ1) is 11.4. The van der Waals surface area contributed by atoms with Crippen molar-refractivity contribution in [1.82, 2.24) is 15.5 Å². The van der Waals surface area contributed by atoms with Crippen LogP contribution < -0.4 is 5.32 Å². The Bertz CT molecular complexity index is 817. The average Bonchev–Trinajstić information content (AvgIpc) is 3.11. The Labute approximate surface area is 140 Å². The van der Waals surface area contributed by atoms with Crippen molar-refractivity contribution in [3.05, 3.63) is 47.7 Å². The minimum absolute atomic E-state index is 0.00834. The van der Waals surface area contributed by atoms with E-state index in [-0.39, 0.29) is 35.8 Å². The van der Waals surface area contributed by atoms with Gasteiger partial charge in [0.2, 0.25) is 17.7 Å². The minimum atomic E-state index is -3.03. The number of amides is 1. The molecule has 1 saturated heterocycles. The topological polar surface area (TPSA) is 102 Å². The number of aryl methyl sites for hydroxylation is 1. The molecule has 1 amide bonds. The van der Waals surface area contributed by atoms with Crippen LogP contribution in [-0.4, -0.2) is 42.1 Å². The van der Waals surface area contributed by atoms with Crippen LogP contribution in [0, 0.1) is 6.92 Å². The van der Waals surface area contributed by atoms with Crippen molar-refractivity contribution in [3.63, 3.8) is 0 Å². The van der Waals surface area contributed by atoms with Gasteiger partial charge in [-0.1, -0.05) is 30.3 Å². The Morgan fingerprint density at radius 1 is 1.33 bits per heavy atom. The van der Waals surface area contributed by atoms with Crippen LogP contribution in [0.3, 0.4) is 0 Å². The zero-order chi connectivity index (χ0) is 17.2. The smallest absolute Gasteiger partial charge is 0.224 e. The lowest BCUT2D eigenvalue weighted by Crippen LogP contribution is -2.36. The molecule has 24 heavy (non-hydrogen) atoms. The molecule has 1 aliphatic rings. The Morgan fingerprint density at radius 3 is 2.67 bits per heavy atom. The summed E-state index contributed by atoms with van der Waals surface area (Å²) < 4.78 is 28.5. The molecule has 8 heteroatoms. The molecular formula is C16H19N3O4S. The van der Waals surface area contributed by atoms with Crippen LogP contribution in [0.5, 0.6) is 0 Å². The van der Waals surface area contributed by atoms with Crippen molar-refractivity contribution >= 4 is 15.7 Å². The zero-order valence-electron chi connectivity index (χ0n) is 13.3. The van der Waals surface area contributed by atoms with E-state index in [1.165, 1.54) is 0 Å². The lowest BCUT2D eigenvalue weighted by Gasteiger charge is -2.16. The molecule has 2 aromatic rings. The maximum atomic E-state index is 12.4. The molecule has 128 valence electrons. The van der Waals surface area contributed by atoms with Crippen LogP contribution in [0.25, 0.3) is 0 Å². The van der Waals surface area contributed by atoms with Crippen molar-refractivity contribution in [1.29, 1.82) is 0 Å². The second-order valence-electron chi connectivity index (χ2n) is 5.99. The number of benzene rings is 1. The maximum Gasteiger partial charge on any atom is 0.224 e. The van der Waals surface area contributed by atoms with Gasteiger partial charge in [-0.2, -0.15) is 0 Å². The molecule has 1 aromatic heterocycles. The van der Waals surface area contributed by atoms with Gasteiger partial charge < -0.3 is 9.73 Å². The van der Waals surface area contributed by atoms with Crippen molar-refractivity contribution in [2.45, 2.75) is 31.7 Å². The number of rotatable bonds is 5. The van der Waals surface area contributed by atoms with Gasteiger partial charge in [0.25, 0.3) is 0 Å². The molecule has 2 atom stereocenters. The number of carbonyl (C=O) groups excluding carboxylic acids is 1. The fourth-order valence-corrected chi connectivity index (χ4v) is 4.54. The first-order valence-corrected chi connectivity index (χ1v) is 9.60. The molecule has 0 radical (unpaired) electrons. The Balaban J connectivity index is 1.73. The number of nitrogens with one attached hydrogen (secondary N) is 1. The second-order valence-corrected chi connectivity index (χ2v) is 8.22. The third-order valence-electron chi connectivity index (χ3n) is 4.03. The standard InChI is InChI=1S/C16H19N3O4S/c1-11-18-19-16(23-11)14(12-5-3-2-4-6-12)9-15(20)17-13-7-8-24(21,22)10-13/h2-6,13-14H,7-10H2,1H3,(H,17,20). The summed E-state index contributed by atoms with van der Waals surface area (Å²) in [6, 6.07) is 9.14. The van der Waals surface area contributed by atoms with Gasteiger partial charge in [0, 0.05) is 19.4 Å². The number of hydrogen-bond acceptors (Lipinski definition) is 6. The van der Waals surface area contributed by atoms with Crippen molar-refractivity contribution in [2.24, 2.45) is 0 Å². The minimum Gasteiger partial charge on any atom is -0.425 e. The summed E-state index contributed by atoms with van der Waals surface area (Å²) in [6.45, 7) is 1.70. The summed E-state index contributed by atoms with van der Waals surface area (Å²) in [7, 11) is -3.03. The lowest BCUT2D eigenvalue weighted by atomic mass is 9.95. The van der Waals surface area contributed by atoms with E-state index in [1.807, 2.05) is 30.3 Å². The molecule has 0 spiro atoms. The summed E-state index contributed by atoms with van der Waals surface area (Å²) in [5, 5.41) is 10.7. The molecule has 0 bridgehead atoms. The maximum absolute atomic E-state index is 12.4. The van der Waals surface area contributed by atoms with Crippen LogP contribution in [-0.2, 0) is 14.6 Å². The van der Waals surface area contributed by atoms with Crippen LogP contribution in [0.2, 0.25) is 0 Å². The van der Waals surface area contributed by atoms with E-state index < -0.39 is 9.84 Å². The summed E-state index contributed by atoms with van der Waals surface area (Å²) in [4.78, 5) is 12.4. The van der Waals surface area contributed by atoms with Gasteiger partial charge in [-0.3, -0.25) is 4.79 Å². The van der Waals surface area contributed by atoms with Crippen LogP contribution in [0.4, 0.5) is 0 Å². The summed E-state index contributed by atoms with van der Waals surface area (Å²) in [5.41, 5.74) is 0.898. The van der Waals surface area contributed by atoms with Gasteiger partial charge in [-0.25, -0.2) is 8.42 Å². The molecule has 2 heterocycles. The van der Waals surface area contributed by atoms with Crippen LogP contribution >= 0.6 is 0 Å². The summed E-state index contributed by atoms with van der Waals surface area (Å²) in [5.74, 6) is 0.380. The monoisotopic (exact) mass is 349 g/mol. The quantitative estimate of drug-likeness (QED) is 0.870. The molecular weight excluding hydrogens is 330 g/mol. The van der Waals surface area contributed by atoms with E-state index in [2.05, 4.69) is 15.5 Å². The molecule has 7 nitrogen and oxygen atoms in total. The number of sulfone groups is 1. The normalized spacial score (nSPS) is 20.6. The van der Waals surface area contributed by atoms with Gasteiger partial charge in [-0.05, 0) is 12.0 Å². The molecule has 0 aliphatic carbocycles. The number of aromatic nitrogens is 2. The average molecular weight is 349 g/mol. The second kappa shape index (κ2) is 6.72. The van der Waals surface area contributed by atoms with E-state index in [4.69, 9.17) is 4.42 Å². The van der Waals surface area contributed by atoms with Gasteiger partial charge in [0.15, 0.2) is 9.84 Å². The highest BCUT2D eigenvalue weighted by Gasteiger charge is 2.30. The molecule has 3 rings (SSSR count).